The number of nitrogens with two attached hydrogens (primary N) is 1. The Balaban J connectivity index is 2.21. The largest absolute Gasteiger partial charge is 0.397 e. The highest BCUT2D eigenvalue weighted by molar-refractivity contribution is 5.67. The number of aryl methyl sites for hydroxylation is 1. The zero-order chi connectivity index (χ0) is 14.3. The minimum absolute atomic E-state index is 0.239. The van der Waals surface area contributed by atoms with Gasteiger partial charge in [0.2, 0.25) is 0 Å². The number of nitrogen functional groups attached to an aromatic ring is 1. The fourth-order valence-electron chi connectivity index (χ4n) is 2.10. The molecule has 2 nitrogen and oxygen atoms in total. The van der Waals surface area contributed by atoms with Gasteiger partial charge in [0.25, 0.3) is 0 Å². The van der Waals surface area contributed by atoms with Crippen LogP contribution in [0.1, 0.15) is 51.5 Å². The van der Waals surface area contributed by atoms with Gasteiger partial charge < -0.3 is 11.1 Å². The van der Waals surface area contributed by atoms with Crippen LogP contribution >= 0.6 is 0 Å². The summed E-state index contributed by atoms with van der Waals surface area (Å²) in [6.07, 6.45) is 6.29. The molecular weight excluding hydrogens is 239 g/mol. The van der Waals surface area contributed by atoms with Crippen LogP contribution in [-0.2, 0) is 0 Å². The van der Waals surface area contributed by atoms with E-state index < -0.39 is 0 Å². The van der Waals surface area contributed by atoms with Gasteiger partial charge in [-0.2, -0.15) is 0 Å². The third-order valence-corrected chi connectivity index (χ3v) is 3.35. The number of hydrogen-bond donors (Lipinski definition) is 2. The lowest BCUT2D eigenvalue weighted by molar-refractivity contribution is 0.523. The first kappa shape index (κ1) is 15.8. The highest BCUT2D eigenvalue weighted by atomic mass is 19.1. The molecule has 0 amide bonds. The summed E-state index contributed by atoms with van der Waals surface area (Å²) in [5, 5.41) is 3.29. The van der Waals surface area contributed by atoms with E-state index >= 15 is 0 Å². The zero-order valence-corrected chi connectivity index (χ0v) is 12.4. The van der Waals surface area contributed by atoms with E-state index in [1.54, 1.807) is 13.0 Å². The number of halogens is 1. The maximum Gasteiger partial charge on any atom is 0.128 e. The van der Waals surface area contributed by atoms with E-state index in [1.807, 2.05) is 0 Å². The second-order valence-electron chi connectivity index (χ2n) is 5.71. The lowest BCUT2D eigenvalue weighted by Crippen LogP contribution is -2.05. The summed E-state index contributed by atoms with van der Waals surface area (Å²) in [7, 11) is 0. The molecule has 0 aliphatic rings. The molecule has 0 radical (unpaired) electrons. The van der Waals surface area contributed by atoms with E-state index in [0.717, 1.165) is 24.6 Å². The average molecular weight is 266 g/mol. The smallest absolute Gasteiger partial charge is 0.128 e. The summed E-state index contributed by atoms with van der Waals surface area (Å²) >= 11 is 0. The first-order valence-electron chi connectivity index (χ1n) is 7.30. The van der Waals surface area contributed by atoms with Gasteiger partial charge in [-0.25, -0.2) is 4.39 Å². The Hall–Kier alpha value is -1.25. The van der Waals surface area contributed by atoms with Gasteiger partial charge in [0.05, 0.1) is 11.4 Å². The van der Waals surface area contributed by atoms with Gasteiger partial charge in [0, 0.05) is 6.54 Å². The van der Waals surface area contributed by atoms with Crippen molar-refractivity contribution in [2.24, 2.45) is 5.92 Å². The molecule has 0 unspecified atom stereocenters. The SMILES string of the molecule is Cc1cc(NCCCCCCC(C)C)c(N)cc1F. The van der Waals surface area contributed by atoms with Crippen LogP contribution in [0, 0.1) is 18.7 Å². The molecule has 0 aromatic heterocycles. The Bertz CT molecular complexity index is 389. The summed E-state index contributed by atoms with van der Waals surface area (Å²) in [6.45, 7) is 7.19. The molecule has 0 aliphatic heterocycles. The van der Waals surface area contributed by atoms with Gasteiger partial charge in [-0.1, -0.05) is 39.5 Å². The molecule has 0 fully saturated rings. The van der Waals surface area contributed by atoms with Crippen molar-refractivity contribution >= 4 is 11.4 Å². The highest BCUT2D eigenvalue weighted by Gasteiger charge is 2.04. The van der Waals surface area contributed by atoms with Crippen molar-refractivity contribution in [2.45, 2.75) is 52.9 Å². The Morgan fingerprint density at radius 1 is 1.16 bits per heavy atom. The molecular formula is C16H27FN2. The van der Waals surface area contributed by atoms with E-state index in [4.69, 9.17) is 5.73 Å². The van der Waals surface area contributed by atoms with Crippen molar-refractivity contribution in [2.75, 3.05) is 17.6 Å². The van der Waals surface area contributed by atoms with E-state index in [-0.39, 0.29) is 5.82 Å². The molecule has 1 aromatic rings. The van der Waals surface area contributed by atoms with E-state index in [9.17, 15) is 4.39 Å². The molecule has 0 saturated carbocycles. The molecule has 108 valence electrons. The molecule has 0 saturated heterocycles. The van der Waals surface area contributed by atoms with Crippen molar-refractivity contribution < 1.29 is 4.39 Å². The van der Waals surface area contributed by atoms with E-state index in [2.05, 4.69) is 19.2 Å². The van der Waals surface area contributed by atoms with Crippen LogP contribution in [0.4, 0.5) is 15.8 Å². The average Bonchev–Trinajstić information content (AvgIpc) is 2.33. The maximum absolute atomic E-state index is 13.2. The molecule has 1 rings (SSSR count). The van der Waals surface area contributed by atoms with Gasteiger partial charge >= 0.3 is 0 Å². The van der Waals surface area contributed by atoms with Gasteiger partial charge in [-0.3, -0.25) is 0 Å². The lowest BCUT2D eigenvalue weighted by Gasteiger charge is -2.11. The Labute approximate surface area is 116 Å². The van der Waals surface area contributed by atoms with Crippen LogP contribution in [0.5, 0.6) is 0 Å². The number of benzene rings is 1. The predicted octanol–water partition coefficient (Wildman–Crippen LogP) is 4.73. The topological polar surface area (TPSA) is 38.0 Å². The Kier molecular flexibility index (Phi) is 6.68. The highest BCUT2D eigenvalue weighted by Crippen LogP contribution is 2.22. The summed E-state index contributed by atoms with van der Waals surface area (Å²) in [6, 6.07) is 3.17. The Morgan fingerprint density at radius 3 is 2.53 bits per heavy atom. The van der Waals surface area contributed by atoms with Crippen molar-refractivity contribution in [3.05, 3.63) is 23.5 Å². The molecule has 0 atom stereocenters. The van der Waals surface area contributed by atoms with Crippen molar-refractivity contribution in [1.82, 2.24) is 0 Å². The van der Waals surface area contributed by atoms with Crippen LogP contribution in [0.25, 0.3) is 0 Å². The third-order valence-electron chi connectivity index (χ3n) is 3.35. The molecule has 0 aliphatic carbocycles. The van der Waals surface area contributed by atoms with Crippen molar-refractivity contribution in [3.63, 3.8) is 0 Å². The second kappa shape index (κ2) is 8.03. The normalized spacial score (nSPS) is 11.0. The molecule has 1 aromatic carbocycles. The fourth-order valence-corrected chi connectivity index (χ4v) is 2.10. The summed E-state index contributed by atoms with van der Waals surface area (Å²) in [5.41, 5.74) is 7.75. The summed E-state index contributed by atoms with van der Waals surface area (Å²) in [5.74, 6) is 0.567. The van der Waals surface area contributed by atoms with Crippen LogP contribution < -0.4 is 11.1 Å². The van der Waals surface area contributed by atoms with Crippen molar-refractivity contribution in [3.8, 4) is 0 Å². The van der Waals surface area contributed by atoms with Gasteiger partial charge in [-0.15, -0.1) is 0 Å². The minimum Gasteiger partial charge on any atom is -0.397 e. The lowest BCUT2D eigenvalue weighted by atomic mass is 10.0. The monoisotopic (exact) mass is 266 g/mol. The quantitative estimate of drug-likeness (QED) is 0.527. The van der Waals surface area contributed by atoms with Crippen LogP contribution in [0.3, 0.4) is 0 Å². The van der Waals surface area contributed by atoms with E-state index in [1.165, 1.54) is 31.7 Å². The number of rotatable bonds is 8. The summed E-state index contributed by atoms with van der Waals surface area (Å²) in [4.78, 5) is 0. The van der Waals surface area contributed by atoms with Crippen molar-refractivity contribution in [1.29, 1.82) is 0 Å². The van der Waals surface area contributed by atoms with Crippen LogP contribution in [-0.4, -0.2) is 6.54 Å². The fraction of sp³-hybridized carbons (Fsp3) is 0.625. The molecule has 0 bridgehead atoms. The molecule has 3 N–H and O–H groups in total. The summed E-state index contributed by atoms with van der Waals surface area (Å²) < 4.78 is 13.2. The number of hydrogen-bond acceptors (Lipinski definition) is 2. The van der Waals surface area contributed by atoms with Crippen LogP contribution in [0.15, 0.2) is 12.1 Å². The molecule has 0 spiro atoms. The second-order valence-corrected chi connectivity index (χ2v) is 5.71. The number of nitrogens with one attached hydrogen (secondary N) is 1. The zero-order valence-electron chi connectivity index (χ0n) is 12.4. The third kappa shape index (κ3) is 5.95. The van der Waals surface area contributed by atoms with Gasteiger partial charge in [0.15, 0.2) is 0 Å². The van der Waals surface area contributed by atoms with Crippen LogP contribution in [0.2, 0.25) is 0 Å². The molecule has 19 heavy (non-hydrogen) atoms. The minimum atomic E-state index is -0.239. The molecule has 0 heterocycles. The molecule has 3 heteroatoms. The number of anilines is 2. The predicted molar refractivity (Wildman–Crippen MR) is 82.0 cm³/mol. The van der Waals surface area contributed by atoms with Gasteiger partial charge in [-0.05, 0) is 37.0 Å². The van der Waals surface area contributed by atoms with Gasteiger partial charge in [0.1, 0.15) is 5.82 Å². The first-order valence-corrected chi connectivity index (χ1v) is 7.30. The Morgan fingerprint density at radius 2 is 1.84 bits per heavy atom. The van der Waals surface area contributed by atoms with E-state index in [0.29, 0.717) is 11.3 Å². The first-order chi connectivity index (χ1) is 9.00. The number of unbranched alkanes of at least 4 members (excludes halogenated alkanes) is 3. The maximum atomic E-state index is 13.2. The standard InChI is InChI=1S/C16H27FN2/c1-12(2)8-6-4-5-7-9-19-16-10-13(3)14(17)11-15(16)18/h10-12,19H,4-9,18H2,1-3H3.